The quantitative estimate of drug-likeness (QED) is 0.361. The Labute approximate surface area is 177 Å². The van der Waals surface area contributed by atoms with Gasteiger partial charge in [-0.25, -0.2) is 13.2 Å². The zero-order valence-corrected chi connectivity index (χ0v) is 17.0. The molecular weight excluding hydrogens is 431 g/mol. The fraction of sp³-hybridized carbons (Fsp3) is 0.200. The molecule has 0 spiro atoms. The van der Waals surface area contributed by atoms with Gasteiger partial charge in [0.05, 0.1) is 22.3 Å². The lowest BCUT2D eigenvalue weighted by Gasteiger charge is -2.10. The third-order valence-corrected chi connectivity index (χ3v) is 5.50. The van der Waals surface area contributed by atoms with Crippen LogP contribution in [0.1, 0.15) is 13.3 Å². The Balaban J connectivity index is 1.64. The number of thioether (sulfide) groups is 1. The van der Waals surface area contributed by atoms with E-state index >= 15 is 0 Å². The van der Waals surface area contributed by atoms with E-state index in [0.717, 1.165) is 23.9 Å². The summed E-state index contributed by atoms with van der Waals surface area (Å²) < 4.78 is 43.4. The first kappa shape index (κ1) is 20.9. The number of anilines is 1. The van der Waals surface area contributed by atoms with Crippen LogP contribution in [0.15, 0.2) is 46.3 Å². The summed E-state index contributed by atoms with van der Waals surface area (Å²) >= 11 is 1.02. The molecule has 11 heteroatoms. The van der Waals surface area contributed by atoms with Gasteiger partial charge >= 0.3 is 0 Å². The van der Waals surface area contributed by atoms with Gasteiger partial charge in [-0.05, 0) is 30.7 Å². The number of carbonyl (C=O) groups excluding carboxylic acids is 1. The second kappa shape index (κ2) is 8.42. The standard InChI is InChI=1S/C20H16F3N5O2S/c1-2-9-27-18(30)11-5-3-4-6-14(11)28-19(27)25-26-20(28)31-10-15(29)24-13-8-7-12(21)16(22)17(13)23/h3-8H,2,9-10H2,1H3,(H,24,29). The van der Waals surface area contributed by atoms with E-state index in [0.29, 0.717) is 34.8 Å². The summed E-state index contributed by atoms with van der Waals surface area (Å²) in [5.41, 5.74) is -0.0484. The third kappa shape index (κ3) is 3.76. The van der Waals surface area contributed by atoms with Crippen molar-refractivity contribution in [2.45, 2.75) is 25.0 Å². The topological polar surface area (TPSA) is 81.3 Å². The second-order valence-corrected chi connectivity index (χ2v) is 7.59. The van der Waals surface area contributed by atoms with Gasteiger partial charge in [0, 0.05) is 6.54 Å². The number of carbonyl (C=O) groups is 1. The summed E-state index contributed by atoms with van der Waals surface area (Å²) in [6, 6.07) is 8.66. The highest BCUT2D eigenvalue weighted by Gasteiger charge is 2.19. The van der Waals surface area contributed by atoms with Crippen LogP contribution in [-0.2, 0) is 11.3 Å². The van der Waals surface area contributed by atoms with Crippen LogP contribution in [0.4, 0.5) is 18.9 Å². The number of amides is 1. The molecule has 0 unspecified atom stereocenters. The lowest BCUT2D eigenvalue weighted by molar-refractivity contribution is -0.113. The number of nitrogens with zero attached hydrogens (tertiary/aromatic N) is 4. The van der Waals surface area contributed by atoms with E-state index < -0.39 is 29.0 Å². The number of para-hydroxylation sites is 1. The van der Waals surface area contributed by atoms with Crippen molar-refractivity contribution < 1.29 is 18.0 Å². The van der Waals surface area contributed by atoms with Gasteiger partial charge < -0.3 is 5.32 Å². The van der Waals surface area contributed by atoms with Gasteiger partial charge in [0.1, 0.15) is 0 Å². The van der Waals surface area contributed by atoms with Crippen LogP contribution in [-0.4, -0.2) is 30.8 Å². The Kier molecular flexibility index (Phi) is 5.68. The van der Waals surface area contributed by atoms with Gasteiger partial charge in [0.2, 0.25) is 11.7 Å². The Morgan fingerprint density at radius 3 is 2.65 bits per heavy atom. The number of benzene rings is 2. The molecule has 4 aromatic rings. The molecule has 31 heavy (non-hydrogen) atoms. The maximum Gasteiger partial charge on any atom is 0.262 e. The number of fused-ring (bicyclic) bond motifs is 3. The number of rotatable bonds is 6. The van der Waals surface area contributed by atoms with E-state index in [1.54, 1.807) is 28.7 Å². The van der Waals surface area contributed by atoms with Crippen LogP contribution in [0.25, 0.3) is 16.7 Å². The molecule has 1 N–H and O–H groups in total. The number of halogens is 3. The molecule has 0 radical (unpaired) electrons. The summed E-state index contributed by atoms with van der Waals surface area (Å²) in [7, 11) is 0. The Hall–Kier alpha value is -3.34. The molecule has 4 rings (SSSR count). The van der Waals surface area contributed by atoms with Crippen molar-refractivity contribution in [1.82, 2.24) is 19.2 Å². The number of hydrogen-bond acceptors (Lipinski definition) is 5. The van der Waals surface area contributed by atoms with E-state index in [1.165, 1.54) is 4.57 Å². The van der Waals surface area contributed by atoms with Crippen LogP contribution in [0.2, 0.25) is 0 Å². The molecule has 0 saturated carbocycles. The molecule has 0 saturated heterocycles. The van der Waals surface area contributed by atoms with Gasteiger partial charge in [-0.1, -0.05) is 30.8 Å². The largest absolute Gasteiger partial charge is 0.323 e. The van der Waals surface area contributed by atoms with Crippen molar-refractivity contribution in [3.8, 4) is 0 Å². The summed E-state index contributed by atoms with van der Waals surface area (Å²) in [5, 5.41) is 11.3. The fourth-order valence-corrected chi connectivity index (χ4v) is 3.93. The lowest BCUT2D eigenvalue weighted by Crippen LogP contribution is -2.23. The molecule has 0 aliphatic heterocycles. The van der Waals surface area contributed by atoms with Gasteiger partial charge in [-0.3, -0.25) is 18.6 Å². The minimum absolute atomic E-state index is 0.180. The highest BCUT2D eigenvalue weighted by Crippen LogP contribution is 2.23. The Morgan fingerprint density at radius 2 is 1.87 bits per heavy atom. The normalized spacial score (nSPS) is 11.4. The van der Waals surface area contributed by atoms with Crippen molar-refractivity contribution in [1.29, 1.82) is 0 Å². The van der Waals surface area contributed by atoms with Crippen LogP contribution in [0.5, 0.6) is 0 Å². The maximum atomic E-state index is 13.8. The maximum absolute atomic E-state index is 13.8. The first-order valence-corrected chi connectivity index (χ1v) is 10.3. The molecule has 2 aromatic carbocycles. The molecule has 0 aliphatic carbocycles. The molecular formula is C20H16F3N5O2S. The predicted molar refractivity (Wildman–Crippen MR) is 111 cm³/mol. The number of aromatic nitrogens is 4. The minimum Gasteiger partial charge on any atom is -0.323 e. The fourth-order valence-electron chi connectivity index (χ4n) is 3.19. The monoisotopic (exact) mass is 447 g/mol. The smallest absolute Gasteiger partial charge is 0.262 e. The molecule has 0 bridgehead atoms. The molecule has 160 valence electrons. The van der Waals surface area contributed by atoms with Gasteiger partial charge in [0.25, 0.3) is 5.56 Å². The van der Waals surface area contributed by atoms with Gasteiger partial charge in [-0.15, -0.1) is 10.2 Å². The van der Waals surface area contributed by atoms with Crippen LogP contribution in [0.3, 0.4) is 0 Å². The first-order valence-electron chi connectivity index (χ1n) is 9.35. The molecule has 7 nitrogen and oxygen atoms in total. The van der Waals surface area contributed by atoms with E-state index in [4.69, 9.17) is 0 Å². The average Bonchev–Trinajstić information content (AvgIpc) is 3.19. The summed E-state index contributed by atoms with van der Waals surface area (Å²) in [6.07, 6.45) is 0.714. The van der Waals surface area contributed by atoms with E-state index in [-0.39, 0.29) is 11.3 Å². The number of hydrogen-bond donors (Lipinski definition) is 1. The van der Waals surface area contributed by atoms with Crippen molar-refractivity contribution in [2.24, 2.45) is 0 Å². The summed E-state index contributed by atoms with van der Waals surface area (Å²) in [6.45, 7) is 2.39. The van der Waals surface area contributed by atoms with Crippen molar-refractivity contribution in [3.05, 3.63) is 64.2 Å². The lowest BCUT2D eigenvalue weighted by atomic mass is 10.2. The van der Waals surface area contributed by atoms with Crippen LogP contribution in [0, 0.1) is 17.5 Å². The Morgan fingerprint density at radius 1 is 1.10 bits per heavy atom. The molecule has 0 atom stereocenters. The highest BCUT2D eigenvalue weighted by atomic mass is 32.2. The highest BCUT2D eigenvalue weighted by molar-refractivity contribution is 7.99. The van der Waals surface area contributed by atoms with E-state index in [2.05, 4.69) is 15.5 Å². The van der Waals surface area contributed by atoms with Crippen molar-refractivity contribution >= 4 is 40.0 Å². The van der Waals surface area contributed by atoms with Gasteiger partial charge in [0.15, 0.2) is 22.6 Å². The van der Waals surface area contributed by atoms with Gasteiger partial charge in [-0.2, -0.15) is 0 Å². The zero-order valence-electron chi connectivity index (χ0n) is 16.2. The second-order valence-electron chi connectivity index (χ2n) is 6.65. The molecule has 2 heterocycles. The van der Waals surface area contributed by atoms with Crippen LogP contribution >= 0.6 is 11.8 Å². The molecule has 0 aliphatic rings. The SMILES string of the molecule is CCCn1c(=O)c2ccccc2n2c(SCC(=O)Nc3ccc(F)c(F)c3F)nnc12. The number of aryl methyl sites for hydroxylation is 1. The van der Waals surface area contributed by atoms with Crippen molar-refractivity contribution in [2.75, 3.05) is 11.1 Å². The first-order chi connectivity index (χ1) is 14.9. The summed E-state index contributed by atoms with van der Waals surface area (Å²) in [5.74, 6) is -4.96. The van der Waals surface area contributed by atoms with Crippen LogP contribution < -0.4 is 10.9 Å². The molecule has 1 amide bonds. The summed E-state index contributed by atoms with van der Waals surface area (Å²) in [4.78, 5) is 25.1. The Bertz CT molecular complexity index is 1370. The van der Waals surface area contributed by atoms with E-state index in [9.17, 15) is 22.8 Å². The van der Waals surface area contributed by atoms with E-state index in [1.807, 2.05) is 6.92 Å². The third-order valence-electron chi connectivity index (χ3n) is 4.57. The minimum atomic E-state index is -1.66. The van der Waals surface area contributed by atoms with Crippen molar-refractivity contribution in [3.63, 3.8) is 0 Å². The number of nitrogens with one attached hydrogen (secondary N) is 1. The average molecular weight is 447 g/mol. The zero-order chi connectivity index (χ0) is 22.1. The molecule has 2 aromatic heterocycles. The molecule has 0 fully saturated rings. The predicted octanol–water partition coefficient (Wildman–Crippen LogP) is 3.60.